The molecule has 5 rings (SSSR count). The van der Waals surface area contributed by atoms with E-state index in [1.807, 2.05) is 0 Å². The van der Waals surface area contributed by atoms with E-state index in [2.05, 4.69) is 55.5 Å². The van der Waals surface area contributed by atoms with Crippen LogP contribution in [0.3, 0.4) is 0 Å². The van der Waals surface area contributed by atoms with E-state index < -0.39 is 0 Å². The van der Waals surface area contributed by atoms with Gasteiger partial charge in [-0.25, -0.2) is 0 Å². The predicted octanol–water partition coefficient (Wildman–Crippen LogP) is 2.10. The van der Waals surface area contributed by atoms with E-state index in [0.717, 1.165) is 35.7 Å². The Hall–Kier alpha value is -2.14. The fourth-order valence-corrected chi connectivity index (χ4v) is 3.78. The lowest BCUT2D eigenvalue weighted by Crippen LogP contribution is -2.30. The SMILES string of the molecule is c1ccc2c(-c3nnc4n3CC3CCC(C4)N3)c[nH]c2c1. The second kappa shape index (κ2) is 4.18. The van der Waals surface area contributed by atoms with Crippen LogP contribution >= 0.6 is 0 Å². The van der Waals surface area contributed by atoms with Crippen molar-refractivity contribution in [3.63, 3.8) is 0 Å². The Bertz CT molecular complexity index is 815. The Labute approximate surface area is 122 Å². The lowest BCUT2D eigenvalue weighted by molar-refractivity contribution is 0.510. The molecule has 21 heavy (non-hydrogen) atoms. The Kier molecular flexibility index (Phi) is 2.29. The summed E-state index contributed by atoms with van der Waals surface area (Å²) < 4.78 is 2.31. The van der Waals surface area contributed by atoms with E-state index in [4.69, 9.17) is 0 Å². The van der Waals surface area contributed by atoms with Crippen molar-refractivity contribution in [2.45, 2.75) is 37.9 Å². The minimum absolute atomic E-state index is 0.566. The Balaban J connectivity index is 1.68. The monoisotopic (exact) mass is 279 g/mol. The number of nitrogens with one attached hydrogen (secondary N) is 2. The molecule has 0 aliphatic carbocycles. The maximum atomic E-state index is 4.49. The summed E-state index contributed by atoms with van der Waals surface area (Å²) >= 11 is 0. The number of H-pyrrole nitrogens is 1. The number of benzene rings is 1. The normalized spacial score (nSPS) is 24.2. The highest BCUT2D eigenvalue weighted by Gasteiger charge is 2.31. The van der Waals surface area contributed by atoms with Gasteiger partial charge in [-0.3, -0.25) is 0 Å². The van der Waals surface area contributed by atoms with Gasteiger partial charge in [-0.2, -0.15) is 0 Å². The van der Waals surface area contributed by atoms with Crippen LogP contribution in [0.15, 0.2) is 30.5 Å². The van der Waals surface area contributed by atoms with Crippen molar-refractivity contribution in [3.8, 4) is 11.4 Å². The van der Waals surface area contributed by atoms with Crippen LogP contribution in [0.2, 0.25) is 0 Å². The number of aromatic nitrogens is 4. The van der Waals surface area contributed by atoms with Crippen LogP contribution < -0.4 is 5.32 Å². The lowest BCUT2D eigenvalue weighted by Gasteiger charge is -2.12. The molecule has 1 fully saturated rings. The van der Waals surface area contributed by atoms with Crippen molar-refractivity contribution in [2.24, 2.45) is 0 Å². The quantitative estimate of drug-likeness (QED) is 0.717. The zero-order valence-corrected chi connectivity index (χ0v) is 11.7. The second-order valence-electron chi connectivity index (χ2n) is 6.14. The molecule has 2 aromatic heterocycles. The molecule has 1 aromatic carbocycles. The van der Waals surface area contributed by atoms with Gasteiger partial charge in [0.25, 0.3) is 0 Å². The van der Waals surface area contributed by atoms with Gasteiger partial charge in [-0.15, -0.1) is 10.2 Å². The first-order valence-electron chi connectivity index (χ1n) is 7.63. The van der Waals surface area contributed by atoms with Crippen molar-refractivity contribution >= 4 is 10.9 Å². The summed E-state index contributed by atoms with van der Waals surface area (Å²) in [7, 11) is 0. The molecule has 2 bridgehead atoms. The Morgan fingerprint density at radius 2 is 2.00 bits per heavy atom. The molecule has 3 aromatic rings. The smallest absolute Gasteiger partial charge is 0.166 e. The van der Waals surface area contributed by atoms with E-state index in [1.54, 1.807) is 0 Å². The minimum Gasteiger partial charge on any atom is -0.360 e. The largest absolute Gasteiger partial charge is 0.360 e. The number of hydrogen-bond acceptors (Lipinski definition) is 3. The van der Waals surface area contributed by atoms with Crippen molar-refractivity contribution in [3.05, 3.63) is 36.3 Å². The van der Waals surface area contributed by atoms with E-state index in [1.165, 1.54) is 18.2 Å². The third-order valence-electron chi connectivity index (χ3n) is 4.82. The van der Waals surface area contributed by atoms with Crippen molar-refractivity contribution < 1.29 is 0 Å². The maximum Gasteiger partial charge on any atom is 0.166 e. The van der Waals surface area contributed by atoms with Crippen LogP contribution in [0.4, 0.5) is 0 Å². The number of aromatic amines is 1. The van der Waals surface area contributed by atoms with Gasteiger partial charge in [0.05, 0.1) is 0 Å². The molecule has 2 unspecified atom stereocenters. The van der Waals surface area contributed by atoms with Gasteiger partial charge in [-0.05, 0) is 18.9 Å². The topological polar surface area (TPSA) is 58.5 Å². The summed E-state index contributed by atoms with van der Waals surface area (Å²) in [6.45, 7) is 0.980. The van der Waals surface area contributed by atoms with E-state index in [-0.39, 0.29) is 0 Å². The van der Waals surface area contributed by atoms with Crippen LogP contribution in [-0.4, -0.2) is 31.8 Å². The predicted molar refractivity (Wildman–Crippen MR) is 81.0 cm³/mol. The van der Waals surface area contributed by atoms with Gasteiger partial charge in [0.15, 0.2) is 5.82 Å². The molecule has 0 amide bonds. The summed E-state index contributed by atoms with van der Waals surface area (Å²) in [4.78, 5) is 3.34. The maximum absolute atomic E-state index is 4.49. The third kappa shape index (κ3) is 1.67. The summed E-state index contributed by atoms with van der Waals surface area (Å²) in [5, 5.41) is 13.9. The molecule has 2 aliphatic heterocycles. The van der Waals surface area contributed by atoms with Gasteiger partial charge in [0, 0.05) is 47.7 Å². The number of rotatable bonds is 1. The molecule has 2 atom stereocenters. The fraction of sp³-hybridized carbons (Fsp3) is 0.375. The van der Waals surface area contributed by atoms with Crippen LogP contribution in [-0.2, 0) is 13.0 Å². The average Bonchev–Trinajstić information content (AvgIpc) is 3.16. The summed E-state index contributed by atoms with van der Waals surface area (Å²) in [5.74, 6) is 2.12. The first-order chi connectivity index (χ1) is 10.4. The molecule has 2 N–H and O–H groups in total. The first-order valence-corrected chi connectivity index (χ1v) is 7.63. The lowest BCUT2D eigenvalue weighted by atomic mass is 10.1. The van der Waals surface area contributed by atoms with Gasteiger partial charge in [-0.1, -0.05) is 18.2 Å². The van der Waals surface area contributed by atoms with E-state index >= 15 is 0 Å². The molecule has 0 saturated carbocycles. The molecule has 5 nitrogen and oxygen atoms in total. The van der Waals surface area contributed by atoms with Crippen LogP contribution in [0.1, 0.15) is 18.7 Å². The second-order valence-corrected chi connectivity index (χ2v) is 6.14. The average molecular weight is 279 g/mol. The van der Waals surface area contributed by atoms with E-state index in [9.17, 15) is 0 Å². The number of hydrogen-bond donors (Lipinski definition) is 2. The first kappa shape index (κ1) is 11.5. The van der Waals surface area contributed by atoms with Crippen LogP contribution in [0, 0.1) is 0 Å². The van der Waals surface area contributed by atoms with Gasteiger partial charge in [0.1, 0.15) is 5.82 Å². The van der Waals surface area contributed by atoms with Crippen molar-refractivity contribution in [2.75, 3.05) is 0 Å². The summed E-state index contributed by atoms with van der Waals surface area (Å²) in [6, 6.07) is 9.51. The molecule has 4 heterocycles. The molecule has 0 radical (unpaired) electrons. The van der Waals surface area contributed by atoms with Crippen molar-refractivity contribution in [1.29, 1.82) is 0 Å². The zero-order valence-electron chi connectivity index (χ0n) is 11.7. The molecular weight excluding hydrogens is 262 g/mol. The third-order valence-corrected chi connectivity index (χ3v) is 4.82. The number of para-hydroxylation sites is 1. The highest BCUT2D eigenvalue weighted by atomic mass is 15.3. The van der Waals surface area contributed by atoms with Gasteiger partial charge in [0.2, 0.25) is 0 Å². The highest BCUT2D eigenvalue weighted by Crippen LogP contribution is 2.30. The van der Waals surface area contributed by atoms with Crippen LogP contribution in [0.5, 0.6) is 0 Å². The van der Waals surface area contributed by atoms with Crippen LogP contribution in [0.25, 0.3) is 22.3 Å². The zero-order chi connectivity index (χ0) is 13.8. The van der Waals surface area contributed by atoms with Gasteiger partial charge < -0.3 is 14.9 Å². The highest BCUT2D eigenvalue weighted by molar-refractivity contribution is 5.93. The molecule has 2 aliphatic rings. The fourth-order valence-electron chi connectivity index (χ4n) is 3.78. The van der Waals surface area contributed by atoms with Gasteiger partial charge >= 0.3 is 0 Å². The number of nitrogens with zero attached hydrogens (tertiary/aromatic N) is 3. The number of fused-ring (bicyclic) bond motifs is 4. The molecular formula is C16H17N5. The molecule has 0 spiro atoms. The minimum atomic E-state index is 0.566. The Morgan fingerprint density at radius 1 is 1.10 bits per heavy atom. The molecule has 1 saturated heterocycles. The molecule has 5 heteroatoms. The van der Waals surface area contributed by atoms with E-state index in [0.29, 0.717) is 12.1 Å². The standard InChI is InChI=1S/C16H17N5/c1-2-4-14-12(3-1)13(8-17-14)16-20-19-15-7-10-5-6-11(18-10)9-21(15)16/h1-4,8,10-11,17-18H,5-7,9H2. The Morgan fingerprint density at radius 3 is 3.00 bits per heavy atom. The summed E-state index contributed by atoms with van der Waals surface area (Å²) in [6.07, 6.45) is 5.57. The van der Waals surface area contributed by atoms with Crippen molar-refractivity contribution in [1.82, 2.24) is 25.1 Å². The molecule has 106 valence electrons. The summed E-state index contributed by atoms with van der Waals surface area (Å²) in [5.41, 5.74) is 2.31.